The molecule has 1 aliphatic heterocycles. The Labute approximate surface area is 201 Å². The molecule has 2 aliphatic rings. The Morgan fingerprint density at radius 1 is 1.13 bits per heavy atom. The van der Waals surface area contributed by atoms with Crippen LogP contribution < -0.4 is 10.6 Å². The maximum Gasteiger partial charge on any atom is 0.191 e. The van der Waals surface area contributed by atoms with Gasteiger partial charge in [-0.25, -0.2) is 8.42 Å². The van der Waals surface area contributed by atoms with E-state index in [2.05, 4.69) is 36.3 Å². The number of sulfone groups is 1. The molecule has 0 aromatic rings. The molecule has 0 unspecified atom stereocenters. The van der Waals surface area contributed by atoms with Crippen molar-refractivity contribution in [3.8, 4) is 0 Å². The number of rotatable bonds is 9. The summed E-state index contributed by atoms with van der Waals surface area (Å²) in [6.07, 6.45) is 8.25. The lowest BCUT2D eigenvalue weighted by molar-refractivity contribution is -0.0352. The quantitative estimate of drug-likeness (QED) is 0.257. The van der Waals surface area contributed by atoms with Gasteiger partial charge in [-0.2, -0.15) is 0 Å². The first-order chi connectivity index (χ1) is 13.7. The summed E-state index contributed by atoms with van der Waals surface area (Å²) in [6, 6.07) is 0. The predicted octanol–water partition coefficient (Wildman–Crippen LogP) is 2.66. The average molecular weight is 559 g/mol. The van der Waals surface area contributed by atoms with Crippen LogP contribution in [0, 0.1) is 5.41 Å². The van der Waals surface area contributed by atoms with Crippen LogP contribution in [0.3, 0.4) is 0 Å². The molecule has 2 fully saturated rings. The van der Waals surface area contributed by atoms with Crippen LogP contribution in [-0.2, 0) is 14.6 Å². The lowest BCUT2D eigenvalue weighted by Gasteiger charge is -2.48. The number of nitrogens with one attached hydrogen (secondary N) is 2. The molecular weight excluding hydrogens is 515 g/mol. The van der Waals surface area contributed by atoms with Crippen molar-refractivity contribution in [2.45, 2.75) is 64.8 Å². The third-order valence-corrected chi connectivity index (χ3v) is 7.16. The fourth-order valence-corrected chi connectivity index (χ4v) is 5.20. The highest BCUT2D eigenvalue weighted by molar-refractivity contribution is 14.0. The second-order valence-corrected chi connectivity index (χ2v) is 11.7. The lowest BCUT2D eigenvalue weighted by atomic mass is 9.80. The van der Waals surface area contributed by atoms with E-state index in [1.165, 1.54) is 38.4 Å². The molecule has 178 valence electrons. The van der Waals surface area contributed by atoms with Gasteiger partial charge in [0, 0.05) is 44.5 Å². The first-order valence-corrected chi connectivity index (χ1v) is 13.2. The zero-order chi connectivity index (χ0) is 21.4. The molecule has 7 nitrogen and oxygen atoms in total. The van der Waals surface area contributed by atoms with Gasteiger partial charge in [0.1, 0.15) is 9.84 Å². The molecule has 0 spiro atoms. The zero-order valence-electron chi connectivity index (χ0n) is 19.3. The van der Waals surface area contributed by atoms with E-state index in [9.17, 15) is 8.42 Å². The SMILES string of the molecule is CCNC(=NCC(C)(C)CCS(C)(=O)=O)NCC1(N2CCOCC2)CCCCC1.I. The summed E-state index contributed by atoms with van der Waals surface area (Å²) in [5.41, 5.74) is 0.0300. The van der Waals surface area contributed by atoms with E-state index in [4.69, 9.17) is 9.73 Å². The van der Waals surface area contributed by atoms with Crippen molar-refractivity contribution in [3.63, 3.8) is 0 Å². The number of nitrogens with zero attached hydrogens (tertiary/aromatic N) is 2. The fourth-order valence-electron chi connectivity index (χ4n) is 4.28. The molecule has 1 saturated carbocycles. The van der Waals surface area contributed by atoms with E-state index in [-0.39, 0.29) is 40.7 Å². The van der Waals surface area contributed by atoms with Crippen molar-refractivity contribution in [1.29, 1.82) is 0 Å². The van der Waals surface area contributed by atoms with Crippen molar-refractivity contribution in [3.05, 3.63) is 0 Å². The van der Waals surface area contributed by atoms with Gasteiger partial charge in [0.2, 0.25) is 0 Å². The van der Waals surface area contributed by atoms with Crippen molar-refractivity contribution < 1.29 is 13.2 Å². The van der Waals surface area contributed by atoms with Crippen molar-refractivity contribution in [2.24, 2.45) is 10.4 Å². The molecule has 2 N–H and O–H groups in total. The second kappa shape index (κ2) is 12.8. The molecule has 0 bridgehead atoms. The minimum Gasteiger partial charge on any atom is -0.379 e. The predicted molar refractivity (Wildman–Crippen MR) is 136 cm³/mol. The lowest BCUT2D eigenvalue weighted by Crippen LogP contribution is -2.60. The van der Waals surface area contributed by atoms with Crippen LogP contribution in [0.5, 0.6) is 0 Å². The summed E-state index contributed by atoms with van der Waals surface area (Å²) < 4.78 is 28.6. The highest BCUT2D eigenvalue weighted by Gasteiger charge is 2.38. The van der Waals surface area contributed by atoms with E-state index in [1.54, 1.807) is 0 Å². The van der Waals surface area contributed by atoms with Crippen LogP contribution in [0.2, 0.25) is 0 Å². The van der Waals surface area contributed by atoms with Gasteiger partial charge in [-0.05, 0) is 31.6 Å². The second-order valence-electron chi connectivity index (χ2n) is 9.48. The number of hydrogen-bond acceptors (Lipinski definition) is 5. The van der Waals surface area contributed by atoms with Gasteiger partial charge in [-0.1, -0.05) is 33.1 Å². The number of hydrogen-bond donors (Lipinski definition) is 2. The van der Waals surface area contributed by atoms with Crippen LogP contribution in [0.25, 0.3) is 0 Å². The summed E-state index contributed by atoms with van der Waals surface area (Å²) in [7, 11) is -2.95. The molecule has 9 heteroatoms. The van der Waals surface area contributed by atoms with E-state index in [1.807, 2.05) is 0 Å². The molecule has 1 aliphatic carbocycles. The third-order valence-electron chi connectivity index (χ3n) is 6.21. The Balaban J connectivity index is 0.00000450. The van der Waals surface area contributed by atoms with Crippen molar-refractivity contribution in [2.75, 3.05) is 57.9 Å². The topological polar surface area (TPSA) is 83.0 Å². The molecule has 1 saturated heterocycles. The molecule has 30 heavy (non-hydrogen) atoms. The van der Waals surface area contributed by atoms with Gasteiger partial charge in [-0.15, -0.1) is 24.0 Å². The molecule has 0 amide bonds. The van der Waals surface area contributed by atoms with Crippen LogP contribution in [-0.4, -0.2) is 82.8 Å². The Kier molecular flexibility index (Phi) is 11.9. The number of guanidine groups is 1. The summed E-state index contributed by atoms with van der Waals surface area (Å²) in [4.78, 5) is 7.43. The largest absolute Gasteiger partial charge is 0.379 e. The van der Waals surface area contributed by atoms with Gasteiger partial charge in [0.05, 0.1) is 19.0 Å². The molecule has 0 aromatic carbocycles. The van der Waals surface area contributed by atoms with Gasteiger partial charge in [0.25, 0.3) is 0 Å². The Hall–Kier alpha value is -0.130. The smallest absolute Gasteiger partial charge is 0.191 e. The number of morpholine rings is 1. The van der Waals surface area contributed by atoms with E-state index < -0.39 is 9.84 Å². The molecule has 0 atom stereocenters. The maximum atomic E-state index is 11.5. The first kappa shape index (κ1) is 27.9. The van der Waals surface area contributed by atoms with Crippen LogP contribution >= 0.6 is 24.0 Å². The van der Waals surface area contributed by atoms with E-state index >= 15 is 0 Å². The summed E-state index contributed by atoms with van der Waals surface area (Å²) in [6.45, 7) is 12.2. The summed E-state index contributed by atoms with van der Waals surface area (Å²) in [5, 5.41) is 6.98. The van der Waals surface area contributed by atoms with Gasteiger partial charge in [-0.3, -0.25) is 9.89 Å². The minimum atomic E-state index is -2.95. The summed E-state index contributed by atoms with van der Waals surface area (Å²) in [5.74, 6) is 1.04. The average Bonchev–Trinajstić information content (AvgIpc) is 2.70. The molecule has 0 radical (unpaired) electrons. The summed E-state index contributed by atoms with van der Waals surface area (Å²) >= 11 is 0. The zero-order valence-corrected chi connectivity index (χ0v) is 22.5. The first-order valence-electron chi connectivity index (χ1n) is 11.2. The highest BCUT2D eigenvalue weighted by atomic mass is 127. The third kappa shape index (κ3) is 9.56. The van der Waals surface area contributed by atoms with Crippen LogP contribution in [0.15, 0.2) is 4.99 Å². The van der Waals surface area contributed by atoms with Gasteiger partial charge < -0.3 is 15.4 Å². The molecule has 2 rings (SSSR count). The fraction of sp³-hybridized carbons (Fsp3) is 0.952. The Bertz CT molecular complexity index is 628. The van der Waals surface area contributed by atoms with E-state index in [0.29, 0.717) is 13.0 Å². The number of halogens is 1. The normalized spacial score (nSPS) is 21.0. The standard InChI is InChI=1S/C21H42N4O3S.HI/c1-5-22-19(23-17-20(2,3)11-16-29(4,26)27)24-18-21(9-7-6-8-10-21)25-12-14-28-15-13-25;/h5-18H2,1-4H3,(H2,22,23,24);1H. The Morgan fingerprint density at radius 3 is 2.33 bits per heavy atom. The van der Waals surface area contributed by atoms with Gasteiger partial charge in [0.15, 0.2) is 5.96 Å². The molecule has 1 heterocycles. The maximum absolute atomic E-state index is 11.5. The van der Waals surface area contributed by atoms with Crippen molar-refractivity contribution in [1.82, 2.24) is 15.5 Å². The monoisotopic (exact) mass is 558 g/mol. The van der Waals surface area contributed by atoms with Crippen LogP contribution in [0.4, 0.5) is 0 Å². The number of aliphatic imine (C=N–C) groups is 1. The van der Waals surface area contributed by atoms with Crippen molar-refractivity contribution >= 4 is 39.8 Å². The minimum absolute atomic E-state index is 0. The van der Waals surface area contributed by atoms with Crippen LogP contribution in [0.1, 0.15) is 59.3 Å². The van der Waals surface area contributed by atoms with E-state index in [0.717, 1.165) is 45.4 Å². The number of ether oxygens (including phenoxy) is 1. The Morgan fingerprint density at radius 2 is 1.77 bits per heavy atom. The molecule has 0 aromatic heterocycles. The van der Waals surface area contributed by atoms with Gasteiger partial charge >= 0.3 is 0 Å². The molecular formula is C21H43IN4O3S. The highest BCUT2D eigenvalue weighted by Crippen LogP contribution is 2.33.